The molecule has 0 aromatic rings. The lowest BCUT2D eigenvalue weighted by molar-refractivity contribution is -0.109. The van der Waals surface area contributed by atoms with Gasteiger partial charge in [-0.1, -0.05) is 6.08 Å². The van der Waals surface area contributed by atoms with Crippen LogP contribution in [0.1, 0.15) is 6.42 Å². The molecule has 52 valence electrons. The minimum Gasteiger partial charge on any atom is -0.301 e. The number of aldehydes is 1. The molecule has 0 heterocycles. The van der Waals surface area contributed by atoms with E-state index in [0.29, 0.717) is 12.7 Å². The predicted octanol–water partition coefficient (Wildman–Crippen LogP) is 1.98. The molecule has 0 N–H and O–H groups in total. The first-order chi connectivity index (χ1) is 4.18. The second kappa shape index (κ2) is 3.91. The first-order valence-corrected chi connectivity index (χ1v) is 3.42. The Bertz CT molecular complexity index is 114. The van der Waals surface area contributed by atoms with E-state index in [-0.39, 0.29) is 5.88 Å². The fourth-order valence-corrected chi connectivity index (χ4v) is 0.655. The molecule has 3 heteroatoms. The summed E-state index contributed by atoms with van der Waals surface area (Å²) in [7, 11) is 0. The third-order valence-electron chi connectivity index (χ3n) is 0.917. The molecule has 0 fully saturated rings. The number of alkyl halides is 2. The Balaban J connectivity index is 3.90. The minimum absolute atomic E-state index is 0.129. The Morgan fingerprint density at radius 3 is 2.33 bits per heavy atom. The van der Waals surface area contributed by atoms with Crippen LogP contribution in [0.15, 0.2) is 12.7 Å². The number of hydrogen-bond acceptors (Lipinski definition) is 1. The van der Waals surface area contributed by atoms with Gasteiger partial charge in [-0.15, -0.1) is 29.8 Å². The second-order valence-corrected chi connectivity index (χ2v) is 2.80. The number of carbonyl (C=O) groups excluding carboxylic acids is 1. The molecule has 0 aliphatic rings. The van der Waals surface area contributed by atoms with E-state index in [1.54, 1.807) is 6.08 Å². The van der Waals surface area contributed by atoms with Crippen molar-refractivity contribution in [3.8, 4) is 0 Å². The van der Waals surface area contributed by atoms with Crippen LogP contribution in [0.5, 0.6) is 0 Å². The monoisotopic (exact) mass is 166 g/mol. The van der Waals surface area contributed by atoms with Gasteiger partial charge in [0.1, 0.15) is 11.2 Å². The zero-order valence-electron chi connectivity index (χ0n) is 4.94. The average Bonchev–Trinajstić information content (AvgIpc) is 1.89. The van der Waals surface area contributed by atoms with Crippen LogP contribution in [0, 0.1) is 0 Å². The van der Waals surface area contributed by atoms with Crippen molar-refractivity contribution in [2.24, 2.45) is 0 Å². The molecule has 0 saturated carbocycles. The SMILES string of the molecule is C=CCC(Cl)(C=O)CCl. The summed E-state index contributed by atoms with van der Waals surface area (Å²) in [5.41, 5.74) is 0. The van der Waals surface area contributed by atoms with Gasteiger partial charge in [-0.2, -0.15) is 0 Å². The minimum atomic E-state index is -0.927. The van der Waals surface area contributed by atoms with Crippen LogP contribution in [-0.4, -0.2) is 17.0 Å². The lowest BCUT2D eigenvalue weighted by atomic mass is 10.1. The van der Waals surface area contributed by atoms with E-state index >= 15 is 0 Å². The fraction of sp³-hybridized carbons (Fsp3) is 0.500. The summed E-state index contributed by atoms with van der Waals surface area (Å²) in [5, 5.41) is 0. The molecule has 0 aliphatic heterocycles. The van der Waals surface area contributed by atoms with E-state index in [0.717, 1.165) is 0 Å². The first-order valence-electron chi connectivity index (χ1n) is 2.50. The van der Waals surface area contributed by atoms with Gasteiger partial charge >= 0.3 is 0 Å². The van der Waals surface area contributed by atoms with Gasteiger partial charge in [-0.25, -0.2) is 0 Å². The van der Waals surface area contributed by atoms with Crippen molar-refractivity contribution in [3.63, 3.8) is 0 Å². The van der Waals surface area contributed by atoms with Gasteiger partial charge in [0.05, 0.1) is 0 Å². The lowest BCUT2D eigenvalue weighted by Gasteiger charge is -2.12. The molecule has 0 spiro atoms. The standard InChI is InChI=1S/C6H8Cl2O/c1-2-3-6(8,4-7)5-9/h2,5H,1,3-4H2. The van der Waals surface area contributed by atoms with Crippen LogP contribution in [-0.2, 0) is 4.79 Å². The van der Waals surface area contributed by atoms with Crippen LogP contribution >= 0.6 is 23.2 Å². The first kappa shape index (κ1) is 8.99. The zero-order chi connectivity index (χ0) is 7.33. The van der Waals surface area contributed by atoms with Crippen molar-refractivity contribution in [2.45, 2.75) is 11.3 Å². The topological polar surface area (TPSA) is 17.1 Å². The molecular weight excluding hydrogens is 159 g/mol. The molecule has 1 unspecified atom stereocenters. The van der Waals surface area contributed by atoms with Gasteiger partial charge in [0, 0.05) is 5.88 Å². The number of allylic oxidation sites excluding steroid dienone is 1. The summed E-state index contributed by atoms with van der Waals surface area (Å²) in [6.45, 7) is 3.44. The molecule has 1 nitrogen and oxygen atoms in total. The quantitative estimate of drug-likeness (QED) is 0.355. The maximum Gasteiger partial charge on any atom is 0.142 e. The summed E-state index contributed by atoms with van der Waals surface area (Å²) < 4.78 is 0. The molecule has 0 aliphatic carbocycles. The smallest absolute Gasteiger partial charge is 0.142 e. The molecule has 0 amide bonds. The highest BCUT2D eigenvalue weighted by atomic mass is 35.5. The molecular formula is C6H8Cl2O. The number of halogens is 2. The maximum atomic E-state index is 10.2. The second-order valence-electron chi connectivity index (χ2n) is 1.78. The van der Waals surface area contributed by atoms with E-state index in [2.05, 4.69) is 6.58 Å². The number of rotatable bonds is 4. The molecule has 0 aromatic heterocycles. The van der Waals surface area contributed by atoms with Crippen molar-refractivity contribution in [2.75, 3.05) is 5.88 Å². The highest BCUT2D eigenvalue weighted by Crippen LogP contribution is 2.18. The van der Waals surface area contributed by atoms with Crippen molar-refractivity contribution in [1.29, 1.82) is 0 Å². The highest BCUT2D eigenvalue weighted by Gasteiger charge is 2.22. The van der Waals surface area contributed by atoms with Gasteiger partial charge in [0.25, 0.3) is 0 Å². The Morgan fingerprint density at radius 1 is 1.67 bits per heavy atom. The van der Waals surface area contributed by atoms with Crippen LogP contribution in [0.3, 0.4) is 0 Å². The summed E-state index contributed by atoms with van der Waals surface area (Å²) in [4.78, 5) is 9.26. The third kappa shape index (κ3) is 2.87. The fourth-order valence-electron chi connectivity index (χ4n) is 0.374. The van der Waals surface area contributed by atoms with Crippen molar-refractivity contribution >= 4 is 29.5 Å². The van der Waals surface area contributed by atoms with E-state index in [1.807, 2.05) is 0 Å². The van der Waals surface area contributed by atoms with Crippen molar-refractivity contribution < 1.29 is 4.79 Å². The Morgan fingerprint density at radius 2 is 2.22 bits per heavy atom. The Labute approximate surface area is 64.6 Å². The van der Waals surface area contributed by atoms with Crippen LogP contribution in [0.4, 0.5) is 0 Å². The van der Waals surface area contributed by atoms with Gasteiger partial charge in [0.15, 0.2) is 0 Å². The van der Waals surface area contributed by atoms with Crippen LogP contribution in [0.2, 0.25) is 0 Å². The largest absolute Gasteiger partial charge is 0.301 e. The van der Waals surface area contributed by atoms with Crippen molar-refractivity contribution in [1.82, 2.24) is 0 Å². The third-order valence-corrected chi connectivity index (χ3v) is 1.91. The predicted molar refractivity (Wildman–Crippen MR) is 40.2 cm³/mol. The van der Waals surface area contributed by atoms with Gasteiger partial charge in [-0.05, 0) is 6.42 Å². The normalized spacial score (nSPS) is 16.2. The molecule has 0 radical (unpaired) electrons. The average molecular weight is 167 g/mol. The molecule has 0 saturated heterocycles. The summed E-state index contributed by atoms with van der Waals surface area (Å²) in [5.74, 6) is 0.129. The molecule has 0 rings (SSSR count). The van der Waals surface area contributed by atoms with E-state index in [4.69, 9.17) is 23.2 Å². The molecule has 9 heavy (non-hydrogen) atoms. The highest BCUT2D eigenvalue weighted by molar-refractivity contribution is 6.37. The Kier molecular flexibility index (Phi) is 3.91. The van der Waals surface area contributed by atoms with Crippen LogP contribution < -0.4 is 0 Å². The van der Waals surface area contributed by atoms with E-state index < -0.39 is 4.87 Å². The Hall–Kier alpha value is -0.0100. The van der Waals surface area contributed by atoms with E-state index in [1.165, 1.54) is 0 Å². The van der Waals surface area contributed by atoms with Gasteiger partial charge in [-0.3, -0.25) is 0 Å². The molecule has 1 atom stereocenters. The summed E-state index contributed by atoms with van der Waals surface area (Å²) in [6.07, 6.45) is 2.63. The maximum absolute atomic E-state index is 10.2. The van der Waals surface area contributed by atoms with Gasteiger partial charge < -0.3 is 4.79 Å². The summed E-state index contributed by atoms with van der Waals surface area (Å²) >= 11 is 11.0. The van der Waals surface area contributed by atoms with Crippen molar-refractivity contribution in [3.05, 3.63) is 12.7 Å². The van der Waals surface area contributed by atoms with E-state index in [9.17, 15) is 4.79 Å². The van der Waals surface area contributed by atoms with Gasteiger partial charge in [0.2, 0.25) is 0 Å². The molecule has 0 aromatic carbocycles. The number of carbonyl (C=O) groups is 1. The zero-order valence-corrected chi connectivity index (χ0v) is 6.45. The summed E-state index contributed by atoms with van der Waals surface area (Å²) in [6, 6.07) is 0. The molecule has 0 bridgehead atoms. The number of hydrogen-bond donors (Lipinski definition) is 0. The van der Waals surface area contributed by atoms with Crippen LogP contribution in [0.25, 0.3) is 0 Å². The lowest BCUT2D eigenvalue weighted by Crippen LogP contribution is -2.24.